The molecule has 0 saturated heterocycles. The number of Topliss-reactive ketones (excluding diaryl/α,β-unsaturated/α-hetero) is 1. The topological polar surface area (TPSA) is 92.7 Å². The average molecular weight is 476 g/mol. The monoisotopic (exact) mass is 475 g/mol. The molecule has 1 amide bonds. The number of hydrogen-bond donors (Lipinski definition) is 2. The van der Waals surface area contributed by atoms with Crippen LogP contribution in [0.4, 0.5) is 4.39 Å². The van der Waals surface area contributed by atoms with Gasteiger partial charge in [-0.25, -0.2) is 4.39 Å². The van der Waals surface area contributed by atoms with E-state index in [4.69, 9.17) is 21.4 Å². The van der Waals surface area contributed by atoms with Crippen molar-refractivity contribution >= 4 is 29.3 Å². The van der Waals surface area contributed by atoms with E-state index in [-0.39, 0.29) is 41.4 Å². The summed E-state index contributed by atoms with van der Waals surface area (Å²) >= 11 is 6.04. The highest BCUT2D eigenvalue weighted by molar-refractivity contribution is 6.31. The number of hydrogen-bond acceptors (Lipinski definition) is 4. The van der Waals surface area contributed by atoms with E-state index in [1.54, 1.807) is 18.2 Å². The zero-order chi connectivity index (χ0) is 24.0. The molecule has 1 fully saturated rings. The third-order valence-corrected chi connectivity index (χ3v) is 6.28. The van der Waals surface area contributed by atoms with Crippen LogP contribution in [0, 0.1) is 18.7 Å². The Labute approximate surface area is 197 Å². The van der Waals surface area contributed by atoms with E-state index in [1.807, 2.05) is 6.92 Å². The average Bonchev–Trinajstić information content (AvgIpc) is 2.79. The van der Waals surface area contributed by atoms with Gasteiger partial charge in [-0.1, -0.05) is 17.7 Å². The zero-order valence-electron chi connectivity index (χ0n) is 18.4. The van der Waals surface area contributed by atoms with Gasteiger partial charge >= 0.3 is 5.97 Å². The predicted octanol–water partition coefficient (Wildman–Crippen LogP) is 5.20. The quantitative estimate of drug-likeness (QED) is 0.384. The van der Waals surface area contributed by atoms with Gasteiger partial charge in [0.25, 0.3) is 5.91 Å². The number of rotatable bonds is 9. The molecule has 1 saturated carbocycles. The van der Waals surface area contributed by atoms with Gasteiger partial charge in [-0.3, -0.25) is 14.4 Å². The summed E-state index contributed by atoms with van der Waals surface area (Å²) in [4.78, 5) is 35.6. The maximum absolute atomic E-state index is 14.5. The van der Waals surface area contributed by atoms with Crippen molar-refractivity contribution in [1.82, 2.24) is 5.32 Å². The summed E-state index contributed by atoms with van der Waals surface area (Å²) in [5, 5.41) is 12.3. The summed E-state index contributed by atoms with van der Waals surface area (Å²) in [6.07, 6.45) is 2.46. The number of carboxylic acids is 1. The molecule has 0 radical (unpaired) electrons. The molecule has 0 unspecified atom stereocenters. The number of carbonyl (C=O) groups excluding carboxylic acids is 2. The van der Waals surface area contributed by atoms with Crippen LogP contribution >= 0.6 is 11.6 Å². The normalized spacial score (nSPS) is 17.9. The number of carboxylic acid groups (broad SMARTS) is 1. The lowest BCUT2D eigenvalue weighted by atomic mass is 9.87. The van der Waals surface area contributed by atoms with Crippen molar-refractivity contribution in [3.63, 3.8) is 0 Å². The van der Waals surface area contributed by atoms with Crippen molar-refractivity contribution in [2.45, 2.75) is 51.6 Å². The summed E-state index contributed by atoms with van der Waals surface area (Å²) in [6, 6.07) is 9.18. The molecule has 0 aromatic heterocycles. The van der Waals surface area contributed by atoms with E-state index in [9.17, 15) is 18.8 Å². The number of ketones is 1. The Balaban J connectivity index is 1.44. The van der Waals surface area contributed by atoms with Crippen molar-refractivity contribution in [1.29, 1.82) is 0 Å². The first-order chi connectivity index (χ1) is 15.7. The summed E-state index contributed by atoms with van der Waals surface area (Å²) in [7, 11) is 0. The van der Waals surface area contributed by atoms with Crippen LogP contribution in [0.1, 0.15) is 64.8 Å². The Morgan fingerprint density at radius 1 is 1.09 bits per heavy atom. The molecule has 0 aliphatic heterocycles. The lowest BCUT2D eigenvalue weighted by Gasteiger charge is -2.27. The molecule has 1 aliphatic carbocycles. The first-order valence-corrected chi connectivity index (χ1v) is 11.4. The molecule has 0 spiro atoms. The van der Waals surface area contributed by atoms with Gasteiger partial charge in [-0.15, -0.1) is 0 Å². The maximum atomic E-state index is 14.5. The van der Waals surface area contributed by atoms with Gasteiger partial charge in [0.15, 0.2) is 17.3 Å². The molecular weight excluding hydrogens is 449 g/mol. The highest BCUT2D eigenvalue weighted by atomic mass is 35.5. The van der Waals surface area contributed by atoms with Crippen LogP contribution in [-0.4, -0.2) is 35.4 Å². The molecule has 6 nitrogen and oxygen atoms in total. The molecular formula is C25H27ClFNO5. The molecule has 33 heavy (non-hydrogen) atoms. The van der Waals surface area contributed by atoms with Crippen LogP contribution in [0.5, 0.6) is 5.75 Å². The minimum Gasteiger partial charge on any atom is -0.487 e. The van der Waals surface area contributed by atoms with Crippen LogP contribution in [-0.2, 0) is 4.79 Å². The number of benzene rings is 2. The lowest BCUT2D eigenvalue weighted by Crippen LogP contribution is -2.28. The van der Waals surface area contributed by atoms with Crippen molar-refractivity contribution in [3.05, 3.63) is 63.9 Å². The van der Waals surface area contributed by atoms with E-state index >= 15 is 0 Å². The first-order valence-electron chi connectivity index (χ1n) is 11.0. The first kappa shape index (κ1) is 24.7. The fourth-order valence-electron chi connectivity index (χ4n) is 3.81. The molecule has 2 aromatic carbocycles. The molecule has 3 rings (SSSR count). The fourth-order valence-corrected chi connectivity index (χ4v) is 3.99. The van der Waals surface area contributed by atoms with E-state index in [0.717, 1.165) is 11.6 Å². The van der Waals surface area contributed by atoms with Crippen molar-refractivity contribution in [2.75, 3.05) is 6.54 Å². The van der Waals surface area contributed by atoms with Crippen molar-refractivity contribution in [3.8, 4) is 5.75 Å². The van der Waals surface area contributed by atoms with Gasteiger partial charge in [0.1, 0.15) is 0 Å². The lowest BCUT2D eigenvalue weighted by molar-refractivity contribution is -0.143. The van der Waals surface area contributed by atoms with Crippen LogP contribution in [0.25, 0.3) is 0 Å². The number of carbonyl (C=O) groups is 3. The van der Waals surface area contributed by atoms with Gasteiger partial charge in [-0.2, -0.15) is 0 Å². The van der Waals surface area contributed by atoms with E-state index < -0.39 is 11.8 Å². The van der Waals surface area contributed by atoms with E-state index in [2.05, 4.69) is 5.32 Å². The molecule has 2 aromatic rings. The summed E-state index contributed by atoms with van der Waals surface area (Å²) in [5.74, 6) is -2.22. The summed E-state index contributed by atoms with van der Waals surface area (Å²) in [6.45, 7) is 2.16. The molecule has 176 valence electrons. The van der Waals surface area contributed by atoms with Gasteiger partial charge < -0.3 is 15.2 Å². The van der Waals surface area contributed by atoms with Crippen molar-refractivity contribution < 1.29 is 28.6 Å². The zero-order valence-corrected chi connectivity index (χ0v) is 19.2. The smallest absolute Gasteiger partial charge is 0.306 e. The summed E-state index contributed by atoms with van der Waals surface area (Å²) < 4.78 is 20.2. The molecule has 0 heterocycles. The number of nitrogens with one attached hydrogen (secondary N) is 1. The van der Waals surface area contributed by atoms with Gasteiger partial charge in [0, 0.05) is 29.1 Å². The van der Waals surface area contributed by atoms with Crippen LogP contribution in [0.15, 0.2) is 36.4 Å². The number of ether oxygens (including phenoxy) is 1. The Morgan fingerprint density at radius 2 is 1.79 bits per heavy atom. The standard InChI is InChI=1S/C25H27ClFNO5/c1-15-4-5-18(13-20(15)26)24(30)28-12-2-3-22(29)17-8-11-23(21(27)14-17)33-19-9-6-16(7-10-19)25(31)32/h4-5,8,11,13-14,16,19H,2-3,6-7,9-10,12H2,1H3,(H,28,30)(H,31,32). The molecule has 0 bridgehead atoms. The van der Waals surface area contributed by atoms with Crippen LogP contribution < -0.4 is 10.1 Å². The second-order valence-electron chi connectivity index (χ2n) is 8.32. The largest absolute Gasteiger partial charge is 0.487 e. The second-order valence-corrected chi connectivity index (χ2v) is 8.73. The summed E-state index contributed by atoms with van der Waals surface area (Å²) in [5.41, 5.74) is 1.57. The van der Waals surface area contributed by atoms with E-state index in [1.165, 1.54) is 12.1 Å². The fraction of sp³-hybridized carbons (Fsp3) is 0.400. The number of amides is 1. The van der Waals surface area contributed by atoms with Crippen LogP contribution in [0.3, 0.4) is 0 Å². The number of aliphatic carboxylic acids is 1. The third-order valence-electron chi connectivity index (χ3n) is 5.87. The maximum Gasteiger partial charge on any atom is 0.306 e. The van der Waals surface area contributed by atoms with Gasteiger partial charge in [-0.05, 0) is 74.9 Å². The minimum atomic E-state index is -0.804. The highest BCUT2D eigenvalue weighted by Gasteiger charge is 2.27. The Kier molecular flexibility index (Phi) is 8.44. The van der Waals surface area contributed by atoms with Gasteiger partial charge in [0.05, 0.1) is 12.0 Å². The molecule has 0 atom stereocenters. The van der Waals surface area contributed by atoms with Gasteiger partial charge in [0.2, 0.25) is 0 Å². The Hall–Kier alpha value is -2.93. The minimum absolute atomic E-state index is 0.0642. The Morgan fingerprint density at radius 3 is 2.42 bits per heavy atom. The molecule has 1 aliphatic rings. The van der Waals surface area contributed by atoms with Crippen molar-refractivity contribution in [2.24, 2.45) is 5.92 Å². The SMILES string of the molecule is Cc1ccc(C(=O)NCCCC(=O)c2ccc(OC3CCC(C(=O)O)CC3)c(F)c2)cc1Cl. The Bertz CT molecular complexity index is 1030. The molecule has 8 heteroatoms. The molecule has 2 N–H and O–H groups in total. The second kappa shape index (κ2) is 11.3. The highest BCUT2D eigenvalue weighted by Crippen LogP contribution is 2.29. The predicted molar refractivity (Wildman–Crippen MR) is 122 cm³/mol. The number of aryl methyl sites for hydroxylation is 1. The van der Waals surface area contributed by atoms with Crippen LogP contribution in [0.2, 0.25) is 5.02 Å². The number of halogens is 2. The van der Waals surface area contributed by atoms with E-state index in [0.29, 0.717) is 49.2 Å². The third kappa shape index (κ3) is 6.78.